The number of nitrogens with zero attached hydrogens (tertiary/aromatic N) is 1. The molecule has 284 valence electrons. The Morgan fingerprint density at radius 2 is 1.39 bits per heavy atom. The SMILES string of the molecule is NC(=O)C1CCNC(=O)CCC(=O)N[C@H](Cc2ccc3ccccc3c2)C(=O)N[C@@H](CCCN=C(N)N)C(=O)N[C@@H](Cc2c[nH]c3ccccc23)C(=O)N1. The summed E-state index contributed by atoms with van der Waals surface area (Å²) in [4.78, 5) is 87.4. The maximum absolute atomic E-state index is 14.1. The van der Waals surface area contributed by atoms with E-state index in [4.69, 9.17) is 17.2 Å². The van der Waals surface area contributed by atoms with Crippen molar-refractivity contribution in [2.75, 3.05) is 13.1 Å². The minimum Gasteiger partial charge on any atom is -0.370 e. The van der Waals surface area contributed by atoms with Crippen molar-refractivity contribution >= 4 is 63.1 Å². The first kappa shape index (κ1) is 38.8. The van der Waals surface area contributed by atoms with E-state index in [-0.39, 0.29) is 64.0 Å². The van der Waals surface area contributed by atoms with E-state index in [0.717, 1.165) is 27.2 Å². The first-order valence-corrected chi connectivity index (χ1v) is 17.8. The predicted molar refractivity (Wildman–Crippen MR) is 203 cm³/mol. The molecule has 0 saturated carbocycles. The molecule has 1 unspecified atom stereocenters. The predicted octanol–water partition coefficient (Wildman–Crippen LogP) is -0.115. The van der Waals surface area contributed by atoms with Crippen LogP contribution in [0.1, 0.15) is 43.2 Å². The van der Waals surface area contributed by atoms with E-state index < -0.39 is 59.6 Å². The van der Waals surface area contributed by atoms with Crippen LogP contribution in [-0.2, 0) is 41.6 Å². The molecule has 0 aliphatic carbocycles. The zero-order valence-electron chi connectivity index (χ0n) is 29.7. The maximum Gasteiger partial charge on any atom is 0.243 e. The number of carbonyl (C=O) groups excluding carboxylic acids is 6. The van der Waals surface area contributed by atoms with Crippen LogP contribution in [0.2, 0.25) is 0 Å². The first-order valence-electron chi connectivity index (χ1n) is 17.8. The molecule has 5 rings (SSSR count). The van der Waals surface area contributed by atoms with Crippen molar-refractivity contribution in [3.05, 3.63) is 84.1 Å². The number of aliphatic imine (C=N–C) groups is 1. The third kappa shape index (κ3) is 10.8. The van der Waals surface area contributed by atoms with Gasteiger partial charge in [0, 0.05) is 55.9 Å². The summed E-state index contributed by atoms with van der Waals surface area (Å²) in [6, 6.07) is 16.1. The van der Waals surface area contributed by atoms with Crippen molar-refractivity contribution in [1.82, 2.24) is 31.6 Å². The molecule has 1 saturated heterocycles. The number of hydrogen-bond acceptors (Lipinski definition) is 7. The summed E-state index contributed by atoms with van der Waals surface area (Å²) in [6.45, 7) is 0.125. The fraction of sp³-hybridized carbons (Fsp3) is 0.342. The van der Waals surface area contributed by atoms with Crippen LogP contribution >= 0.6 is 0 Å². The van der Waals surface area contributed by atoms with E-state index in [2.05, 4.69) is 36.6 Å². The molecular weight excluding hydrogens is 692 g/mol. The molecular formula is C38H46N10O6. The van der Waals surface area contributed by atoms with Crippen LogP contribution in [0.25, 0.3) is 21.7 Å². The number of amides is 6. The Labute approximate surface area is 311 Å². The molecule has 0 radical (unpaired) electrons. The van der Waals surface area contributed by atoms with Gasteiger partial charge >= 0.3 is 0 Å². The molecule has 0 spiro atoms. The van der Waals surface area contributed by atoms with Gasteiger partial charge in [0.05, 0.1) is 0 Å². The molecule has 3 aromatic carbocycles. The number of aromatic nitrogens is 1. The normalized spacial score (nSPS) is 20.8. The molecule has 4 aromatic rings. The summed E-state index contributed by atoms with van der Waals surface area (Å²) in [5.74, 6) is -4.05. The second-order valence-electron chi connectivity index (χ2n) is 13.2. The van der Waals surface area contributed by atoms with Gasteiger partial charge in [0.15, 0.2) is 5.96 Å². The fourth-order valence-electron chi connectivity index (χ4n) is 6.35. The summed E-state index contributed by atoms with van der Waals surface area (Å²) < 4.78 is 0. The Bertz CT molecular complexity index is 2040. The molecule has 1 aliphatic heterocycles. The molecule has 6 amide bonds. The standard InChI is InChI=1S/C38H46N10O6/c39-34(51)28-15-17-42-32(49)13-14-33(50)45-30(19-22-11-12-23-6-1-2-7-24(23)18-22)36(53)47-29(10-5-16-43-38(40)41)35(52)48-31(37(54)46-28)20-25-21-44-27-9-4-3-8-26(25)27/h1-4,6-9,11-12,18,21,28-31,44H,5,10,13-17,19-20H2,(H2,39,51)(H,42,49)(H,45,50)(H,46,54)(H,47,53)(H,48,52)(H4,40,41,43)/t28?,29-,30+,31-/m0/s1. The molecule has 4 atom stereocenters. The van der Waals surface area contributed by atoms with E-state index in [1.165, 1.54) is 0 Å². The van der Waals surface area contributed by atoms with Crippen LogP contribution in [0.3, 0.4) is 0 Å². The molecule has 2 heterocycles. The van der Waals surface area contributed by atoms with Gasteiger partial charge in [-0.15, -0.1) is 0 Å². The van der Waals surface area contributed by atoms with Crippen LogP contribution in [0, 0.1) is 0 Å². The Morgan fingerprint density at radius 1 is 0.722 bits per heavy atom. The highest BCUT2D eigenvalue weighted by Gasteiger charge is 2.32. The highest BCUT2D eigenvalue weighted by Crippen LogP contribution is 2.20. The van der Waals surface area contributed by atoms with Gasteiger partial charge in [-0.2, -0.15) is 0 Å². The van der Waals surface area contributed by atoms with Gasteiger partial charge in [0.2, 0.25) is 35.4 Å². The lowest BCUT2D eigenvalue weighted by atomic mass is 10.00. The van der Waals surface area contributed by atoms with Crippen LogP contribution < -0.4 is 43.8 Å². The molecule has 1 aliphatic rings. The average molecular weight is 739 g/mol. The molecule has 12 N–H and O–H groups in total. The number of H-pyrrole nitrogens is 1. The number of primary amides is 1. The second kappa shape index (κ2) is 18.3. The first-order chi connectivity index (χ1) is 26.0. The van der Waals surface area contributed by atoms with Crippen molar-refractivity contribution in [2.45, 2.75) is 69.1 Å². The second-order valence-corrected chi connectivity index (χ2v) is 13.2. The van der Waals surface area contributed by atoms with Gasteiger partial charge in [-0.1, -0.05) is 60.7 Å². The smallest absolute Gasteiger partial charge is 0.243 e. The number of carbonyl (C=O) groups is 6. The van der Waals surface area contributed by atoms with E-state index in [0.29, 0.717) is 5.56 Å². The topological polar surface area (TPSA) is 269 Å². The van der Waals surface area contributed by atoms with Gasteiger partial charge in [0.1, 0.15) is 24.2 Å². The third-order valence-corrected chi connectivity index (χ3v) is 9.21. The quantitative estimate of drug-likeness (QED) is 0.0633. The van der Waals surface area contributed by atoms with Gasteiger partial charge < -0.3 is 48.8 Å². The summed E-state index contributed by atoms with van der Waals surface area (Å²) in [5.41, 5.74) is 18.9. The van der Waals surface area contributed by atoms with Crippen LogP contribution in [0.5, 0.6) is 0 Å². The van der Waals surface area contributed by atoms with E-state index in [1.54, 1.807) is 6.20 Å². The molecule has 16 heteroatoms. The van der Waals surface area contributed by atoms with Crippen LogP contribution in [0.15, 0.2) is 77.9 Å². The van der Waals surface area contributed by atoms with Gasteiger partial charge in [-0.3, -0.25) is 33.8 Å². The largest absolute Gasteiger partial charge is 0.370 e. The van der Waals surface area contributed by atoms with E-state index >= 15 is 0 Å². The summed E-state index contributed by atoms with van der Waals surface area (Å²) in [7, 11) is 0. The Balaban J connectivity index is 1.47. The van der Waals surface area contributed by atoms with Gasteiger partial charge in [-0.05, 0) is 47.2 Å². The van der Waals surface area contributed by atoms with Crippen LogP contribution in [0.4, 0.5) is 0 Å². The third-order valence-electron chi connectivity index (χ3n) is 9.21. The lowest BCUT2D eigenvalue weighted by Crippen LogP contribution is -2.59. The zero-order valence-corrected chi connectivity index (χ0v) is 29.7. The molecule has 54 heavy (non-hydrogen) atoms. The molecule has 1 aromatic heterocycles. The number of hydrogen-bond donors (Lipinski definition) is 9. The monoisotopic (exact) mass is 738 g/mol. The lowest BCUT2D eigenvalue weighted by molar-refractivity contribution is -0.134. The van der Waals surface area contributed by atoms with E-state index in [1.807, 2.05) is 66.7 Å². The Hall–Kier alpha value is -6.45. The van der Waals surface area contributed by atoms with Gasteiger partial charge in [0.25, 0.3) is 0 Å². The molecule has 16 nitrogen and oxygen atoms in total. The minimum absolute atomic E-state index is 0.0130. The zero-order chi connectivity index (χ0) is 38.6. The maximum atomic E-state index is 14.1. The van der Waals surface area contributed by atoms with Crippen molar-refractivity contribution in [3.63, 3.8) is 0 Å². The molecule has 0 bridgehead atoms. The number of rotatable bonds is 9. The Morgan fingerprint density at radius 3 is 2.17 bits per heavy atom. The van der Waals surface area contributed by atoms with Crippen LogP contribution in [-0.4, -0.2) is 83.6 Å². The fourth-order valence-corrected chi connectivity index (χ4v) is 6.35. The average Bonchev–Trinajstić information content (AvgIpc) is 3.56. The van der Waals surface area contributed by atoms with E-state index in [9.17, 15) is 28.8 Å². The Kier molecular flexibility index (Phi) is 13.2. The summed E-state index contributed by atoms with van der Waals surface area (Å²) in [6.07, 6.45) is 1.69. The van der Waals surface area contributed by atoms with Gasteiger partial charge in [-0.25, -0.2) is 0 Å². The molecule has 1 fully saturated rings. The lowest BCUT2D eigenvalue weighted by Gasteiger charge is -2.26. The summed E-state index contributed by atoms with van der Waals surface area (Å²) >= 11 is 0. The van der Waals surface area contributed by atoms with Crippen molar-refractivity contribution in [3.8, 4) is 0 Å². The number of nitrogens with one attached hydrogen (secondary N) is 6. The number of para-hydroxylation sites is 1. The highest BCUT2D eigenvalue weighted by atomic mass is 16.2. The van der Waals surface area contributed by atoms with Crippen molar-refractivity contribution in [2.24, 2.45) is 22.2 Å². The van der Waals surface area contributed by atoms with Crippen molar-refractivity contribution in [1.29, 1.82) is 0 Å². The number of benzene rings is 3. The van der Waals surface area contributed by atoms with Crippen molar-refractivity contribution < 1.29 is 28.8 Å². The number of aromatic amines is 1. The number of fused-ring (bicyclic) bond motifs is 2. The summed E-state index contributed by atoms with van der Waals surface area (Å²) in [5, 5.41) is 16.3. The number of nitrogens with two attached hydrogens (primary N) is 3. The highest BCUT2D eigenvalue weighted by molar-refractivity contribution is 5.96. The minimum atomic E-state index is -1.22. The number of guanidine groups is 1.